The third-order valence-corrected chi connectivity index (χ3v) is 3.06. The summed E-state index contributed by atoms with van der Waals surface area (Å²) in [5.74, 6) is -1.05. The molecule has 0 atom stereocenters. The number of aliphatic hydroxyl groups excluding tert-OH is 1. The van der Waals surface area contributed by atoms with Crippen LogP contribution >= 0.6 is 0 Å². The fourth-order valence-electron chi connectivity index (χ4n) is 2.07. The number of nitrogens with zero attached hydrogens (tertiary/aromatic N) is 3. The van der Waals surface area contributed by atoms with Crippen LogP contribution in [0.3, 0.4) is 0 Å². The molecule has 6 nitrogen and oxygen atoms in total. The van der Waals surface area contributed by atoms with Crippen LogP contribution < -0.4 is 0 Å². The molecule has 1 aromatic carbocycles. The first-order chi connectivity index (χ1) is 10.2. The number of benzene rings is 1. The Morgan fingerprint density at radius 2 is 1.95 bits per heavy atom. The summed E-state index contributed by atoms with van der Waals surface area (Å²) in [7, 11) is 0. The molecule has 0 spiro atoms. The fourth-order valence-corrected chi connectivity index (χ4v) is 2.07. The molecule has 0 aliphatic rings. The lowest BCUT2D eigenvalue weighted by Crippen LogP contribution is -2.27. The molecule has 0 aliphatic carbocycles. The number of aromatic carboxylic acids is 1. The van der Waals surface area contributed by atoms with Crippen LogP contribution in [0.1, 0.15) is 21.6 Å². The Labute approximate surface area is 122 Å². The predicted octanol–water partition coefficient (Wildman–Crippen LogP) is 1.17. The molecule has 110 valence electrons. The van der Waals surface area contributed by atoms with Crippen molar-refractivity contribution in [3.05, 3.63) is 59.7 Å². The van der Waals surface area contributed by atoms with Crippen molar-refractivity contribution >= 4 is 5.97 Å². The standard InChI is InChI=1S/C15H17N3O3/c19-7-6-18(9-12-4-2-1-3-5-12)10-14-13(15(20)21)8-16-11-17-14/h1-5,8,11,19H,6-7,9-10H2,(H,20,21). The smallest absolute Gasteiger partial charge is 0.339 e. The third kappa shape index (κ3) is 4.34. The summed E-state index contributed by atoms with van der Waals surface area (Å²) in [5.41, 5.74) is 1.63. The highest BCUT2D eigenvalue weighted by Crippen LogP contribution is 2.11. The zero-order chi connectivity index (χ0) is 15.1. The molecule has 0 saturated heterocycles. The van der Waals surface area contributed by atoms with Crippen LogP contribution in [0.15, 0.2) is 42.9 Å². The maximum atomic E-state index is 11.2. The van der Waals surface area contributed by atoms with Gasteiger partial charge in [0.2, 0.25) is 0 Å². The maximum Gasteiger partial charge on any atom is 0.339 e. The van der Waals surface area contributed by atoms with Gasteiger partial charge in [-0.25, -0.2) is 14.8 Å². The largest absolute Gasteiger partial charge is 0.478 e. The van der Waals surface area contributed by atoms with Gasteiger partial charge in [0.15, 0.2) is 0 Å². The van der Waals surface area contributed by atoms with Gasteiger partial charge in [-0.05, 0) is 5.56 Å². The molecule has 0 bridgehead atoms. The van der Waals surface area contributed by atoms with Gasteiger partial charge in [-0.1, -0.05) is 30.3 Å². The van der Waals surface area contributed by atoms with Crippen molar-refractivity contribution in [1.82, 2.24) is 14.9 Å². The molecule has 0 fully saturated rings. The minimum atomic E-state index is -1.05. The monoisotopic (exact) mass is 287 g/mol. The number of carboxylic acid groups (broad SMARTS) is 1. The second-order valence-electron chi connectivity index (χ2n) is 4.61. The number of hydrogen-bond donors (Lipinski definition) is 2. The van der Waals surface area contributed by atoms with Crippen LogP contribution in [-0.2, 0) is 13.1 Å². The second kappa shape index (κ2) is 7.47. The van der Waals surface area contributed by atoms with Crippen molar-refractivity contribution in [2.45, 2.75) is 13.1 Å². The van der Waals surface area contributed by atoms with Crippen molar-refractivity contribution < 1.29 is 15.0 Å². The van der Waals surface area contributed by atoms with Crippen LogP contribution in [-0.4, -0.2) is 44.2 Å². The molecule has 0 unspecified atom stereocenters. The summed E-state index contributed by atoms with van der Waals surface area (Å²) >= 11 is 0. The van der Waals surface area contributed by atoms with Gasteiger partial charge in [-0.3, -0.25) is 4.90 Å². The highest BCUT2D eigenvalue weighted by atomic mass is 16.4. The molecule has 0 radical (unpaired) electrons. The van der Waals surface area contributed by atoms with E-state index in [0.29, 0.717) is 25.3 Å². The molecular formula is C15H17N3O3. The van der Waals surface area contributed by atoms with Crippen molar-refractivity contribution in [3.8, 4) is 0 Å². The number of carbonyl (C=O) groups is 1. The summed E-state index contributed by atoms with van der Waals surface area (Å²) in [6.45, 7) is 1.41. The van der Waals surface area contributed by atoms with E-state index in [-0.39, 0.29) is 12.2 Å². The SMILES string of the molecule is O=C(O)c1cncnc1CN(CCO)Cc1ccccc1. The lowest BCUT2D eigenvalue weighted by Gasteiger charge is -2.21. The number of carboxylic acids is 1. The van der Waals surface area contributed by atoms with Gasteiger partial charge in [0.05, 0.1) is 12.3 Å². The van der Waals surface area contributed by atoms with E-state index in [1.807, 2.05) is 35.2 Å². The maximum absolute atomic E-state index is 11.2. The zero-order valence-corrected chi connectivity index (χ0v) is 11.5. The normalized spacial score (nSPS) is 10.8. The molecule has 0 saturated carbocycles. The predicted molar refractivity (Wildman–Crippen MR) is 76.6 cm³/mol. The average molecular weight is 287 g/mol. The quantitative estimate of drug-likeness (QED) is 0.795. The lowest BCUT2D eigenvalue weighted by molar-refractivity contribution is 0.0692. The number of hydrogen-bond acceptors (Lipinski definition) is 5. The Balaban J connectivity index is 2.15. The molecule has 1 aromatic heterocycles. The fraction of sp³-hybridized carbons (Fsp3) is 0.267. The zero-order valence-electron chi connectivity index (χ0n) is 11.5. The van der Waals surface area contributed by atoms with Gasteiger partial charge in [-0.2, -0.15) is 0 Å². The average Bonchev–Trinajstić information content (AvgIpc) is 2.49. The lowest BCUT2D eigenvalue weighted by atomic mass is 10.2. The molecule has 2 rings (SSSR count). The van der Waals surface area contributed by atoms with E-state index in [2.05, 4.69) is 9.97 Å². The molecule has 0 amide bonds. The van der Waals surface area contributed by atoms with Crippen molar-refractivity contribution in [3.63, 3.8) is 0 Å². The van der Waals surface area contributed by atoms with Gasteiger partial charge in [-0.15, -0.1) is 0 Å². The summed E-state index contributed by atoms with van der Waals surface area (Å²) in [5, 5.41) is 18.3. The summed E-state index contributed by atoms with van der Waals surface area (Å²) in [6.07, 6.45) is 2.63. The molecular weight excluding hydrogens is 270 g/mol. The van der Waals surface area contributed by atoms with Crippen molar-refractivity contribution in [2.24, 2.45) is 0 Å². The van der Waals surface area contributed by atoms with Crippen LogP contribution in [0.2, 0.25) is 0 Å². The van der Waals surface area contributed by atoms with Gasteiger partial charge in [0.1, 0.15) is 11.9 Å². The minimum Gasteiger partial charge on any atom is -0.478 e. The highest BCUT2D eigenvalue weighted by Gasteiger charge is 2.15. The Morgan fingerprint density at radius 1 is 1.19 bits per heavy atom. The first-order valence-electron chi connectivity index (χ1n) is 6.60. The molecule has 0 aliphatic heterocycles. The minimum absolute atomic E-state index is 0.000319. The second-order valence-corrected chi connectivity index (χ2v) is 4.61. The van der Waals surface area contributed by atoms with Gasteiger partial charge < -0.3 is 10.2 Å². The molecule has 1 heterocycles. The molecule has 2 aromatic rings. The third-order valence-electron chi connectivity index (χ3n) is 3.06. The Bertz CT molecular complexity index is 590. The van der Waals surface area contributed by atoms with Crippen molar-refractivity contribution in [2.75, 3.05) is 13.2 Å². The van der Waals surface area contributed by atoms with Gasteiger partial charge >= 0.3 is 5.97 Å². The Hall–Kier alpha value is -2.31. The van der Waals surface area contributed by atoms with Gasteiger partial charge in [0, 0.05) is 25.8 Å². The topological polar surface area (TPSA) is 86.5 Å². The van der Waals surface area contributed by atoms with E-state index in [1.54, 1.807) is 0 Å². The van der Waals surface area contributed by atoms with Crippen LogP contribution in [0, 0.1) is 0 Å². The van der Waals surface area contributed by atoms with E-state index in [9.17, 15) is 9.90 Å². The van der Waals surface area contributed by atoms with Gasteiger partial charge in [0.25, 0.3) is 0 Å². The van der Waals surface area contributed by atoms with Crippen molar-refractivity contribution in [1.29, 1.82) is 0 Å². The van der Waals surface area contributed by atoms with E-state index >= 15 is 0 Å². The Morgan fingerprint density at radius 3 is 2.62 bits per heavy atom. The highest BCUT2D eigenvalue weighted by molar-refractivity contribution is 5.88. The van der Waals surface area contributed by atoms with Crippen LogP contribution in [0.4, 0.5) is 0 Å². The molecule has 2 N–H and O–H groups in total. The summed E-state index contributed by atoms with van der Waals surface area (Å²) in [4.78, 5) is 20.9. The summed E-state index contributed by atoms with van der Waals surface area (Å²) < 4.78 is 0. The van der Waals surface area contributed by atoms with E-state index in [0.717, 1.165) is 5.56 Å². The number of rotatable bonds is 7. The van der Waals surface area contributed by atoms with Crippen LogP contribution in [0.25, 0.3) is 0 Å². The summed E-state index contributed by atoms with van der Waals surface area (Å²) in [6, 6.07) is 9.80. The van der Waals surface area contributed by atoms with E-state index < -0.39 is 5.97 Å². The van der Waals surface area contributed by atoms with Crippen LogP contribution in [0.5, 0.6) is 0 Å². The first-order valence-corrected chi connectivity index (χ1v) is 6.60. The first kappa shape index (κ1) is 15.1. The van der Waals surface area contributed by atoms with E-state index in [4.69, 9.17) is 5.11 Å². The molecule has 6 heteroatoms. The number of aromatic nitrogens is 2. The molecule has 21 heavy (non-hydrogen) atoms. The number of aliphatic hydroxyl groups is 1. The Kier molecular flexibility index (Phi) is 5.36. The van der Waals surface area contributed by atoms with E-state index in [1.165, 1.54) is 12.5 Å².